The first-order valence-corrected chi connectivity index (χ1v) is 14.2. The van der Waals surface area contributed by atoms with Gasteiger partial charge in [-0.15, -0.1) is 0 Å². The molecule has 1 unspecified atom stereocenters. The molecule has 0 aliphatic rings. The largest absolute Gasteiger partial charge is 0.507 e. The SMILES string of the molecule is CC.CCC(=O)c1c(O)cc(C(C)CC/C=C/NC(=O)OC)oc1=O.CCCc1cc2ccc(CCC(=O)F)cc2o1. The second-order valence-corrected chi connectivity index (χ2v) is 9.18. The summed E-state index contributed by atoms with van der Waals surface area (Å²) in [6, 6.07) is 7.83. The average Bonchev–Trinajstić information content (AvgIpc) is 3.38. The van der Waals surface area contributed by atoms with E-state index in [0.29, 0.717) is 25.0 Å². The number of nitrogens with one attached hydrogen (secondary N) is 1. The Morgan fingerprint density at radius 2 is 1.81 bits per heavy atom. The highest BCUT2D eigenvalue weighted by Crippen LogP contribution is 2.25. The van der Waals surface area contributed by atoms with E-state index in [1.165, 1.54) is 19.4 Å². The maximum absolute atomic E-state index is 12.1. The van der Waals surface area contributed by atoms with E-state index in [1.807, 2.05) is 45.0 Å². The van der Waals surface area contributed by atoms with Gasteiger partial charge in [0, 0.05) is 42.8 Å². The molecule has 1 aromatic carbocycles. The molecule has 2 heterocycles. The van der Waals surface area contributed by atoms with Crippen molar-refractivity contribution >= 4 is 28.9 Å². The molecule has 0 aliphatic heterocycles. The fourth-order valence-corrected chi connectivity index (χ4v) is 3.83. The second kappa shape index (κ2) is 19.0. The van der Waals surface area contributed by atoms with Crippen LogP contribution in [-0.2, 0) is 22.4 Å². The molecule has 1 atom stereocenters. The van der Waals surface area contributed by atoms with Gasteiger partial charge >= 0.3 is 17.8 Å². The third-order valence-electron chi connectivity index (χ3n) is 6.05. The van der Waals surface area contributed by atoms with Gasteiger partial charge in [0.25, 0.3) is 0 Å². The molecule has 2 aromatic heterocycles. The van der Waals surface area contributed by atoms with Crippen LogP contribution in [-0.4, -0.2) is 30.1 Å². The molecule has 0 aliphatic carbocycles. The maximum Gasteiger partial charge on any atom is 0.410 e. The molecule has 1 amide bonds. The lowest BCUT2D eigenvalue weighted by atomic mass is 10.0. The number of hydrogen-bond acceptors (Lipinski definition) is 8. The van der Waals surface area contributed by atoms with Gasteiger partial charge in [-0.05, 0) is 43.4 Å². The van der Waals surface area contributed by atoms with Crippen LogP contribution in [0.1, 0.15) is 100 Å². The number of halogens is 1. The minimum absolute atomic E-state index is 0.0615. The van der Waals surface area contributed by atoms with Crippen LogP contribution in [0.2, 0.25) is 0 Å². The van der Waals surface area contributed by atoms with E-state index in [-0.39, 0.29) is 30.1 Å². The number of Topliss-reactive ketones (excluding diaryl/α,β-unsaturated/α-hetero) is 1. The van der Waals surface area contributed by atoms with Crippen molar-refractivity contribution < 1.29 is 37.5 Å². The monoisotopic (exact) mass is 587 g/mol. The number of ether oxygens (including phenoxy) is 1. The number of aromatic hydroxyl groups is 1. The molecular formula is C32H42FNO8. The molecule has 42 heavy (non-hydrogen) atoms. The van der Waals surface area contributed by atoms with Crippen LogP contribution in [0.3, 0.4) is 0 Å². The number of carbonyl (C=O) groups excluding carboxylic acids is 3. The zero-order chi connectivity index (χ0) is 31.7. The number of alkyl carbamates (subject to hydrolysis) is 1. The Balaban J connectivity index is 0.000000411. The number of methoxy groups -OCH3 is 1. The number of amides is 1. The summed E-state index contributed by atoms with van der Waals surface area (Å²) in [5, 5.41) is 13.3. The standard InChI is InChI=1S/C16H21NO6.C14H15FO2.C2H6/c1-4-11(18)14-12(19)9-13(23-15(14)20)10(2)7-5-6-8-17-16(21)22-3;1-2-3-12-9-11-6-4-10(5-7-14(15)16)8-13(11)17-12;1-2/h6,8-10,19H,4-5,7H2,1-3H3,(H,17,21);4,6,8-9H,2-3,5,7H2,1H3;1-2H3/b8-6+;;. The summed E-state index contributed by atoms with van der Waals surface area (Å²) in [5.41, 5.74) is 0.630. The molecule has 0 fully saturated rings. The van der Waals surface area contributed by atoms with Crippen molar-refractivity contribution in [2.45, 2.75) is 85.5 Å². The van der Waals surface area contributed by atoms with E-state index in [4.69, 9.17) is 8.83 Å². The predicted molar refractivity (Wildman–Crippen MR) is 160 cm³/mol. The first-order chi connectivity index (χ1) is 20.1. The molecule has 2 N–H and O–H groups in total. The number of fused-ring (bicyclic) bond motifs is 1. The fraction of sp³-hybridized carbons (Fsp3) is 0.438. The fourth-order valence-electron chi connectivity index (χ4n) is 3.83. The van der Waals surface area contributed by atoms with Crippen LogP contribution in [0, 0.1) is 0 Å². The quantitative estimate of drug-likeness (QED) is 0.164. The van der Waals surface area contributed by atoms with Crippen molar-refractivity contribution in [1.82, 2.24) is 5.32 Å². The number of allylic oxidation sites excluding steroid dienone is 1. The Morgan fingerprint density at radius 1 is 1.10 bits per heavy atom. The van der Waals surface area contributed by atoms with Crippen LogP contribution in [0.25, 0.3) is 11.0 Å². The van der Waals surface area contributed by atoms with Crippen LogP contribution < -0.4 is 10.9 Å². The Hall–Kier alpha value is -4.21. The minimum Gasteiger partial charge on any atom is -0.507 e. The summed E-state index contributed by atoms with van der Waals surface area (Å²) in [6.45, 7) is 9.54. The summed E-state index contributed by atoms with van der Waals surface area (Å²) < 4.78 is 27.4. The van der Waals surface area contributed by atoms with Gasteiger partial charge in [0.1, 0.15) is 28.4 Å². The van der Waals surface area contributed by atoms with Crippen molar-refractivity contribution in [3.05, 3.63) is 75.7 Å². The number of ketones is 1. The Morgan fingerprint density at radius 3 is 2.40 bits per heavy atom. The summed E-state index contributed by atoms with van der Waals surface area (Å²) in [6.07, 6.45) is 6.34. The van der Waals surface area contributed by atoms with Crippen molar-refractivity contribution in [3.63, 3.8) is 0 Å². The van der Waals surface area contributed by atoms with Crippen LogP contribution in [0.15, 0.2) is 56.2 Å². The number of benzene rings is 1. The lowest BCUT2D eigenvalue weighted by Crippen LogP contribution is -2.16. The Kier molecular flexibility index (Phi) is 16.2. The molecule has 3 aromatic rings. The van der Waals surface area contributed by atoms with Crippen molar-refractivity contribution in [2.75, 3.05) is 7.11 Å². The van der Waals surface area contributed by atoms with E-state index in [0.717, 1.165) is 35.1 Å². The van der Waals surface area contributed by atoms with E-state index in [1.54, 1.807) is 13.0 Å². The van der Waals surface area contributed by atoms with Gasteiger partial charge in [-0.3, -0.25) is 14.9 Å². The lowest BCUT2D eigenvalue weighted by molar-refractivity contribution is -0.129. The van der Waals surface area contributed by atoms with E-state index >= 15 is 0 Å². The van der Waals surface area contributed by atoms with Crippen molar-refractivity contribution in [3.8, 4) is 5.75 Å². The third kappa shape index (κ3) is 11.7. The lowest BCUT2D eigenvalue weighted by Gasteiger charge is -2.10. The molecule has 0 saturated carbocycles. The number of furan rings is 1. The normalized spacial score (nSPS) is 11.2. The Labute approximate surface area is 245 Å². The number of rotatable bonds is 12. The molecule has 10 heteroatoms. The molecule has 0 spiro atoms. The highest BCUT2D eigenvalue weighted by molar-refractivity contribution is 5.97. The summed E-state index contributed by atoms with van der Waals surface area (Å²) in [4.78, 5) is 44.5. The van der Waals surface area contributed by atoms with Crippen molar-refractivity contribution in [2.24, 2.45) is 0 Å². The molecule has 0 radical (unpaired) electrons. The highest BCUT2D eigenvalue weighted by Gasteiger charge is 2.19. The second-order valence-electron chi connectivity index (χ2n) is 9.18. The molecule has 9 nitrogen and oxygen atoms in total. The summed E-state index contributed by atoms with van der Waals surface area (Å²) in [7, 11) is 1.27. The third-order valence-corrected chi connectivity index (χ3v) is 6.05. The van der Waals surface area contributed by atoms with E-state index < -0.39 is 23.5 Å². The maximum atomic E-state index is 12.1. The van der Waals surface area contributed by atoms with Crippen LogP contribution in [0.4, 0.5) is 9.18 Å². The van der Waals surface area contributed by atoms with Gasteiger partial charge in [-0.2, -0.15) is 4.39 Å². The topological polar surface area (TPSA) is 136 Å². The van der Waals surface area contributed by atoms with Gasteiger partial charge in [-0.25, -0.2) is 9.59 Å². The zero-order valence-corrected chi connectivity index (χ0v) is 25.3. The zero-order valence-electron chi connectivity index (χ0n) is 25.3. The molecule has 3 rings (SSSR count). The van der Waals surface area contributed by atoms with Crippen LogP contribution in [0.5, 0.6) is 5.75 Å². The van der Waals surface area contributed by atoms with Crippen LogP contribution >= 0.6 is 0 Å². The van der Waals surface area contributed by atoms with Gasteiger partial charge < -0.3 is 18.7 Å². The average molecular weight is 588 g/mol. The molecule has 230 valence electrons. The molecule has 0 bridgehead atoms. The summed E-state index contributed by atoms with van der Waals surface area (Å²) >= 11 is 0. The highest BCUT2D eigenvalue weighted by atomic mass is 19.1. The Bertz CT molecular complexity index is 1390. The van der Waals surface area contributed by atoms with E-state index in [9.17, 15) is 28.7 Å². The molecular weight excluding hydrogens is 545 g/mol. The predicted octanol–water partition coefficient (Wildman–Crippen LogP) is 7.53. The number of carbonyl (C=O) groups is 3. The minimum atomic E-state index is -1.27. The smallest absolute Gasteiger partial charge is 0.410 e. The van der Waals surface area contributed by atoms with Gasteiger partial charge in [-0.1, -0.05) is 52.8 Å². The number of hydrogen-bond donors (Lipinski definition) is 2. The summed E-state index contributed by atoms with van der Waals surface area (Å²) in [5.74, 6) is 0.350. The molecule has 0 saturated heterocycles. The number of aryl methyl sites for hydroxylation is 2. The van der Waals surface area contributed by atoms with Gasteiger partial charge in [0.2, 0.25) is 0 Å². The first kappa shape index (κ1) is 35.8. The van der Waals surface area contributed by atoms with Crippen molar-refractivity contribution in [1.29, 1.82) is 0 Å². The first-order valence-electron chi connectivity index (χ1n) is 14.2. The van der Waals surface area contributed by atoms with Gasteiger partial charge in [0.05, 0.1) is 7.11 Å². The van der Waals surface area contributed by atoms with E-state index in [2.05, 4.69) is 17.0 Å². The van der Waals surface area contributed by atoms with Gasteiger partial charge in [0.15, 0.2) is 5.78 Å².